The molecule has 0 radical (unpaired) electrons. The summed E-state index contributed by atoms with van der Waals surface area (Å²) in [6, 6.07) is -0.714. The van der Waals surface area contributed by atoms with Crippen LogP contribution in [0.5, 0.6) is 0 Å². The molecule has 0 bridgehead atoms. The predicted octanol–water partition coefficient (Wildman–Crippen LogP) is 16.2. The molecule has 3 unspecified atom stereocenters. The van der Waals surface area contributed by atoms with E-state index in [0.29, 0.717) is 19.3 Å². The molecule has 0 rings (SSSR count). The maximum absolute atomic E-state index is 13.2. The molecule has 0 heterocycles. The largest absolute Gasteiger partial charge is 0.462 e. The standard InChI is InChI=1S/C57H101NO5/c1-4-7-10-13-16-19-22-25-28-29-32-35-38-41-44-47-50-57(62)63-53(48-45-42-39-36-33-30-26-23-20-17-14-11-8-5-2)51-56(61)58-54(52-59)55(60)49-46-43-40-37-34-31-27-24-21-18-15-12-9-6-3/h7-8,10-11,16-17,19-20,25-26,28,30,53-55,59-60H,4-6,9,12-15,18,21-24,27,29,31-52H2,1-3H3,(H,58,61)/b10-7+,11-8+,19-16+,20-17+,28-25+,30-26+. The van der Waals surface area contributed by atoms with Crippen LogP contribution in [0.3, 0.4) is 0 Å². The summed E-state index contributed by atoms with van der Waals surface area (Å²) in [5, 5.41) is 23.8. The van der Waals surface area contributed by atoms with Crippen LogP contribution in [0.4, 0.5) is 0 Å². The lowest BCUT2D eigenvalue weighted by atomic mass is 10.0. The van der Waals surface area contributed by atoms with Crippen molar-refractivity contribution in [3.63, 3.8) is 0 Å². The van der Waals surface area contributed by atoms with Gasteiger partial charge in [-0.3, -0.25) is 9.59 Å². The molecule has 0 saturated heterocycles. The van der Waals surface area contributed by atoms with Crippen molar-refractivity contribution in [2.24, 2.45) is 0 Å². The minimum Gasteiger partial charge on any atom is -0.462 e. The Morgan fingerprint density at radius 2 is 0.857 bits per heavy atom. The predicted molar refractivity (Wildman–Crippen MR) is 273 cm³/mol. The Morgan fingerprint density at radius 3 is 1.30 bits per heavy atom. The van der Waals surface area contributed by atoms with E-state index in [0.717, 1.165) is 116 Å². The first-order valence-electron chi connectivity index (χ1n) is 26.7. The van der Waals surface area contributed by atoms with Gasteiger partial charge >= 0.3 is 5.97 Å². The molecule has 0 aromatic heterocycles. The number of hydrogen-bond acceptors (Lipinski definition) is 5. The SMILES string of the molecule is CC/C=C/C/C=C/C/C=C/CCCCCCCCC(=O)OC(CCCCCC/C=C/C/C=C/C/C=C/CC)CC(=O)NC(CO)C(O)CCCCCCCCCCCCCCCC. The smallest absolute Gasteiger partial charge is 0.306 e. The topological polar surface area (TPSA) is 95.9 Å². The van der Waals surface area contributed by atoms with Gasteiger partial charge in [0.25, 0.3) is 0 Å². The fraction of sp³-hybridized carbons (Fsp3) is 0.754. The molecule has 3 N–H and O–H groups in total. The Labute approximate surface area is 390 Å². The van der Waals surface area contributed by atoms with Gasteiger partial charge in [0.15, 0.2) is 0 Å². The summed E-state index contributed by atoms with van der Waals surface area (Å²) < 4.78 is 5.93. The molecule has 364 valence electrons. The quantitative estimate of drug-likeness (QED) is 0.0321. The van der Waals surface area contributed by atoms with Crippen LogP contribution in [0.25, 0.3) is 0 Å². The molecule has 6 heteroatoms. The number of esters is 1. The average Bonchev–Trinajstić information content (AvgIpc) is 3.28. The number of aliphatic hydroxyl groups excluding tert-OH is 2. The van der Waals surface area contributed by atoms with E-state index >= 15 is 0 Å². The van der Waals surface area contributed by atoms with Gasteiger partial charge in [0.1, 0.15) is 6.10 Å². The van der Waals surface area contributed by atoms with Gasteiger partial charge in [-0.25, -0.2) is 0 Å². The van der Waals surface area contributed by atoms with Crippen molar-refractivity contribution in [3.05, 3.63) is 72.9 Å². The van der Waals surface area contributed by atoms with Gasteiger partial charge in [0.05, 0.1) is 25.2 Å². The molecule has 0 aliphatic rings. The highest BCUT2D eigenvalue weighted by Gasteiger charge is 2.24. The number of amides is 1. The van der Waals surface area contributed by atoms with E-state index in [-0.39, 0.29) is 24.9 Å². The third kappa shape index (κ3) is 45.7. The minimum atomic E-state index is -0.799. The van der Waals surface area contributed by atoms with E-state index in [2.05, 4.69) is 99.0 Å². The number of carbonyl (C=O) groups excluding carboxylic acids is 2. The number of allylic oxidation sites excluding steroid dienone is 12. The molecule has 0 aliphatic carbocycles. The van der Waals surface area contributed by atoms with Crippen LogP contribution in [-0.2, 0) is 14.3 Å². The minimum absolute atomic E-state index is 0.0549. The number of rotatable bonds is 47. The van der Waals surface area contributed by atoms with Crippen molar-refractivity contribution >= 4 is 11.9 Å². The second-order valence-electron chi connectivity index (χ2n) is 17.9. The van der Waals surface area contributed by atoms with Crippen LogP contribution in [0.1, 0.15) is 252 Å². The fourth-order valence-electron chi connectivity index (χ4n) is 7.81. The van der Waals surface area contributed by atoms with Gasteiger partial charge in [0.2, 0.25) is 5.91 Å². The van der Waals surface area contributed by atoms with E-state index in [4.69, 9.17) is 4.74 Å². The number of ether oxygens (including phenoxy) is 1. The normalized spacial score (nSPS) is 13.8. The van der Waals surface area contributed by atoms with Crippen LogP contribution in [0.15, 0.2) is 72.9 Å². The first-order valence-corrected chi connectivity index (χ1v) is 26.7. The monoisotopic (exact) mass is 880 g/mol. The lowest BCUT2D eigenvalue weighted by molar-refractivity contribution is -0.151. The number of carbonyl (C=O) groups is 2. The van der Waals surface area contributed by atoms with Gasteiger partial charge in [0, 0.05) is 6.42 Å². The third-order valence-electron chi connectivity index (χ3n) is 11.8. The highest BCUT2D eigenvalue weighted by atomic mass is 16.5. The highest BCUT2D eigenvalue weighted by Crippen LogP contribution is 2.18. The second-order valence-corrected chi connectivity index (χ2v) is 17.9. The number of aliphatic hydroxyl groups is 2. The van der Waals surface area contributed by atoms with Crippen molar-refractivity contribution in [3.8, 4) is 0 Å². The Balaban J connectivity index is 4.62. The van der Waals surface area contributed by atoms with Crippen LogP contribution < -0.4 is 5.32 Å². The zero-order valence-electron chi connectivity index (χ0n) is 41.4. The zero-order valence-corrected chi connectivity index (χ0v) is 41.4. The first-order chi connectivity index (χ1) is 31.0. The zero-order chi connectivity index (χ0) is 45.9. The van der Waals surface area contributed by atoms with Crippen molar-refractivity contribution in [1.29, 1.82) is 0 Å². The van der Waals surface area contributed by atoms with Crippen LogP contribution >= 0.6 is 0 Å². The summed E-state index contributed by atoms with van der Waals surface area (Å²) in [5.41, 5.74) is 0. The van der Waals surface area contributed by atoms with Crippen molar-refractivity contribution in [1.82, 2.24) is 5.32 Å². The Bertz CT molecular complexity index is 1170. The molecule has 1 amide bonds. The van der Waals surface area contributed by atoms with Gasteiger partial charge in [-0.2, -0.15) is 0 Å². The summed E-state index contributed by atoms with van der Waals surface area (Å²) in [5.74, 6) is -0.510. The number of unbranched alkanes of at least 4 members (excludes halogenated alkanes) is 23. The van der Waals surface area contributed by atoms with E-state index < -0.39 is 18.2 Å². The third-order valence-corrected chi connectivity index (χ3v) is 11.8. The molecule has 63 heavy (non-hydrogen) atoms. The Kier molecular flexibility index (Phi) is 48.1. The lowest BCUT2D eigenvalue weighted by Crippen LogP contribution is -2.46. The molecule has 0 aromatic rings. The molecular formula is C57H101NO5. The van der Waals surface area contributed by atoms with E-state index in [1.807, 2.05) is 0 Å². The van der Waals surface area contributed by atoms with Gasteiger partial charge in [-0.05, 0) is 89.9 Å². The summed E-state index contributed by atoms with van der Waals surface area (Å²) in [6.07, 6.45) is 63.9. The molecule has 6 nitrogen and oxygen atoms in total. The van der Waals surface area contributed by atoms with Crippen molar-refractivity contribution in [2.75, 3.05) is 6.61 Å². The van der Waals surface area contributed by atoms with Gasteiger partial charge in [-0.1, -0.05) is 222 Å². The summed E-state index contributed by atoms with van der Waals surface area (Å²) in [4.78, 5) is 26.2. The van der Waals surface area contributed by atoms with Crippen LogP contribution in [0, 0.1) is 0 Å². The first kappa shape index (κ1) is 60.3. The van der Waals surface area contributed by atoms with Gasteiger partial charge in [-0.15, -0.1) is 0 Å². The Hall–Kier alpha value is -2.70. The van der Waals surface area contributed by atoms with Crippen molar-refractivity contribution in [2.45, 2.75) is 270 Å². The fourth-order valence-corrected chi connectivity index (χ4v) is 7.81. The average molecular weight is 880 g/mol. The second kappa shape index (κ2) is 50.3. The maximum atomic E-state index is 13.2. The maximum Gasteiger partial charge on any atom is 0.306 e. The van der Waals surface area contributed by atoms with Crippen LogP contribution in [0.2, 0.25) is 0 Å². The molecule has 0 aromatic carbocycles. The lowest BCUT2D eigenvalue weighted by Gasteiger charge is -2.24. The molecule has 0 fully saturated rings. The molecular weight excluding hydrogens is 779 g/mol. The molecule has 0 spiro atoms. The molecule has 0 saturated carbocycles. The highest BCUT2D eigenvalue weighted by molar-refractivity contribution is 5.77. The number of hydrogen-bond donors (Lipinski definition) is 3. The summed E-state index contributed by atoms with van der Waals surface area (Å²) in [6.45, 7) is 6.26. The molecule has 0 aliphatic heterocycles. The molecule has 3 atom stereocenters. The number of nitrogens with one attached hydrogen (secondary N) is 1. The van der Waals surface area contributed by atoms with E-state index in [1.54, 1.807) is 0 Å². The summed E-state index contributed by atoms with van der Waals surface area (Å²) >= 11 is 0. The van der Waals surface area contributed by atoms with E-state index in [9.17, 15) is 19.8 Å². The van der Waals surface area contributed by atoms with E-state index in [1.165, 1.54) is 89.9 Å². The van der Waals surface area contributed by atoms with Crippen molar-refractivity contribution < 1.29 is 24.5 Å². The Morgan fingerprint density at radius 1 is 0.476 bits per heavy atom. The summed E-state index contributed by atoms with van der Waals surface area (Å²) in [7, 11) is 0. The van der Waals surface area contributed by atoms with Crippen LogP contribution in [-0.4, -0.2) is 46.9 Å². The van der Waals surface area contributed by atoms with Gasteiger partial charge < -0.3 is 20.3 Å².